The van der Waals surface area contributed by atoms with E-state index in [0.29, 0.717) is 18.8 Å². The second kappa shape index (κ2) is 10.7. The van der Waals surface area contributed by atoms with E-state index < -0.39 is 23.7 Å². The average molecular weight is 410 g/mol. The second-order valence-electron chi connectivity index (χ2n) is 9.41. The molecule has 166 valence electrons. The molecule has 0 amide bonds. The first-order chi connectivity index (χ1) is 14.0. The van der Waals surface area contributed by atoms with Gasteiger partial charge in [-0.05, 0) is 42.9 Å². The van der Waals surface area contributed by atoms with Crippen molar-refractivity contribution in [2.24, 2.45) is 29.1 Å². The molecule has 5 nitrogen and oxygen atoms in total. The van der Waals surface area contributed by atoms with Crippen LogP contribution in [0.15, 0.2) is 24.3 Å². The minimum Gasteiger partial charge on any atom is -0.469 e. The lowest BCUT2D eigenvalue weighted by molar-refractivity contribution is -0.142. The first kappa shape index (κ1) is 22.5. The monoisotopic (exact) mass is 409 g/mol. The van der Waals surface area contributed by atoms with E-state index in [9.17, 15) is 20.1 Å². The van der Waals surface area contributed by atoms with Crippen LogP contribution in [0, 0.1) is 29.1 Å². The van der Waals surface area contributed by atoms with Crippen LogP contribution >= 0.6 is 0 Å². The summed E-state index contributed by atoms with van der Waals surface area (Å²) in [7, 11) is 1.41. The standard InChI is InChI=1S/C24H40O5/c1-5-6-13-24(2,3)22(27)12-11-18-17(20(25)15-21(18)26)10-8-7-9-16-14-19(16)23(28)29-4/h7-8,11-12,16-22,25-27H,5-6,9-10,13-15H2,1-4H3/b8-7-,12-11+/t16-,17-,18-,19-,20+,21-,22-/m1/s1/i22D. The van der Waals surface area contributed by atoms with Gasteiger partial charge < -0.3 is 20.1 Å². The largest absolute Gasteiger partial charge is 0.469 e. The average Bonchev–Trinajstić information content (AvgIpc) is 3.40. The molecule has 0 aliphatic heterocycles. The van der Waals surface area contributed by atoms with Gasteiger partial charge in [-0.15, -0.1) is 0 Å². The molecule has 2 fully saturated rings. The van der Waals surface area contributed by atoms with E-state index in [4.69, 9.17) is 6.11 Å². The number of esters is 1. The number of carbonyl (C=O) groups excluding carboxylic acids is 1. The lowest BCUT2D eigenvalue weighted by Gasteiger charge is -2.29. The van der Waals surface area contributed by atoms with Gasteiger partial charge in [0, 0.05) is 12.3 Å². The van der Waals surface area contributed by atoms with Gasteiger partial charge in [0.05, 0.1) is 32.7 Å². The summed E-state index contributed by atoms with van der Waals surface area (Å²) in [6.45, 7) is 5.86. The third kappa shape index (κ3) is 6.66. The molecule has 0 aromatic heterocycles. The molecule has 0 bridgehead atoms. The highest BCUT2D eigenvalue weighted by molar-refractivity contribution is 5.75. The van der Waals surface area contributed by atoms with Gasteiger partial charge in [0.1, 0.15) is 0 Å². The van der Waals surface area contributed by atoms with Gasteiger partial charge >= 0.3 is 5.97 Å². The highest BCUT2D eigenvalue weighted by Crippen LogP contribution is 2.42. The van der Waals surface area contributed by atoms with Crippen LogP contribution in [0.25, 0.3) is 0 Å². The molecule has 0 heterocycles. The lowest BCUT2D eigenvalue weighted by Crippen LogP contribution is -2.28. The van der Waals surface area contributed by atoms with Gasteiger partial charge in [0.15, 0.2) is 0 Å². The van der Waals surface area contributed by atoms with Crippen LogP contribution in [0.3, 0.4) is 0 Å². The van der Waals surface area contributed by atoms with Crippen molar-refractivity contribution in [2.45, 2.75) is 84.0 Å². The van der Waals surface area contributed by atoms with E-state index in [2.05, 4.69) is 6.92 Å². The summed E-state index contributed by atoms with van der Waals surface area (Å²) in [5, 5.41) is 31.5. The van der Waals surface area contributed by atoms with Crippen LogP contribution in [0.4, 0.5) is 0 Å². The first-order valence-electron chi connectivity index (χ1n) is 11.5. The summed E-state index contributed by atoms with van der Waals surface area (Å²) in [5.41, 5.74) is -0.600. The molecule has 3 N–H and O–H groups in total. The van der Waals surface area contributed by atoms with Crippen LogP contribution in [-0.2, 0) is 9.53 Å². The summed E-state index contributed by atoms with van der Waals surface area (Å²) in [6, 6.07) is 0. The number of rotatable bonds is 11. The third-order valence-electron chi connectivity index (χ3n) is 6.68. The quantitative estimate of drug-likeness (QED) is 0.358. The maximum Gasteiger partial charge on any atom is 0.308 e. The van der Waals surface area contributed by atoms with Crippen molar-refractivity contribution in [1.29, 1.82) is 0 Å². The van der Waals surface area contributed by atoms with Gasteiger partial charge in [-0.3, -0.25) is 4.79 Å². The molecule has 2 aliphatic carbocycles. The maximum absolute atomic E-state index is 11.5. The maximum atomic E-state index is 11.5. The summed E-state index contributed by atoms with van der Waals surface area (Å²) in [6.07, 6.45) is 9.52. The topological polar surface area (TPSA) is 87.0 Å². The van der Waals surface area contributed by atoms with Gasteiger partial charge in [0.2, 0.25) is 0 Å². The van der Waals surface area contributed by atoms with Crippen molar-refractivity contribution >= 4 is 5.97 Å². The Morgan fingerprint density at radius 1 is 1.24 bits per heavy atom. The number of hydrogen-bond donors (Lipinski definition) is 3. The Morgan fingerprint density at radius 3 is 2.59 bits per heavy atom. The van der Waals surface area contributed by atoms with E-state index >= 15 is 0 Å². The van der Waals surface area contributed by atoms with Crippen molar-refractivity contribution in [3.05, 3.63) is 24.3 Å². The Morgan fingerprint density at radius 2 is 1.93 bits per heavy atom. The predicted octanol–water partition coefficient (Wildman–Crippen LogP) is 3.62. The molecule has 0 spiro atoms. The van der Waals surface area contributed by atoms with E-state index in [1.807, 2.05) is 26.0 Å². The summed E-state index contributed by atoms with van der Waals surface area (Å²) in [5.74, 6) is -0.241. The Balaban J connectivity index is 1.94. The highest BCUT2D eigenvalue weighted by atomic mass is 16.5. The zero-order chi connectivity index (χ0) is 22.5. The Bertz CT molecular complexity index is 627. The SMILES string of the molecule is [2H][C@@](O)(/C=C/[C@@H]1[C@@H](C/C=C\C[C@@H]2C[C@H]2C(=O)OC)[C@@H](O)C[C@H]1O)C(C)(C)CCCC. The first-order valence-corrected chi connectivity index (χ1v) is 11.0. The Labute approximate surface area is 177 Å². The smallest absolute Gasteiger partial charge is 0.308 e. The van der Waals surface area contributed by atoms with Crippen molar-refractivity contribution in [1.82, 2.24) is 0 Å². The zero-order valence-corrected chi connectivity index (χ0v) is 18.4. The van der Waals surface area contributed by atoms with Crippen molar-refractivity contribution < 1.29 is 26.2 Å². The number of unbranched alkanes of at least 4 members (excludes halogenated alkanes) is 1. The van der Waals surface area contributed by atoms with E-state index in [1.54, 1.807) is 6.08 Å². The second-order valence-corrected chi connectivity index (χ2v) is 9.41. The summed E-state index contributed by atoms with van der Waals surface area (Å²) >= 11 is 0. The number of ether oxygens (including phenoxy) is 1. The number of aliphatic hydroxyl groups excluding tert-OH is 2. The van der Waals surface area contributed by atoms with E-state index in [-0.39, 0.29) is 23.7 Å². The molecule has 0 saturated heterocycles. The summed E-state index contributed by atoms with van der Waals surface area (Å²) in [4.78, 5) is 11.5. The highest BCUT2D eigenvalue weighted by Gasteiger charge is 2.43. The fourth-order valence-corrected chi connectivity index (χ4v) is 4.35. The molecule has 2 rings (SSSR count). The summed E-state index contributed by atoms with van der Waals surface area (Å²) < 4.78 is 13.2. The van der Waals surface area contributed by atoms with Crippen LogP contribution in [0.5, 0.6) is 0 Å². The molecule has 0 unspecified atom stereocenters. The molecule has 29 heavy (non-hydrogen) atoms. The number of aliphatic hydroxyl groups is 3. The molecule has 0 aromatic rings. The zero-order valence-electron chi connectivity index (χ0n) is 19.4. The number of methoxy groups -OCH3 is 1. The molecule has 0 aromatic carbocycles. The van der Waals surface area contributed by atoms with Crippen molar-refractivity contribution in [2.75, 3.05) is 7.11 Å². The van der Waals surface area contributed by atoms with Crippen LogP contribution < -0.4 is 0 Å². The molecular formula is C24H40O5. The van der Waals surface area contributed by atoms with Gasteiger partial charge in [-0.1, -0.05) is 57.9 Å². The lowest BCUT2D eigenvalue weighted by atomic mass is 9.80. The minimum absolute atomic E-state index is 0.0139. The third-order valence-corrected chi connectivity index (χ3v) is 6.68. The fourth-order valence-electron chi connectivity index (χ4n) is 4.35. The van der Waals surface area contributed by atoms with Crippen LogP contribution in [-0.4, -0.2) is 46.7 Å². The van der Waals surface area contributed by atoms with Crippen LogP contribution in [0.2, 0.25) is 0 Å². The van der Waals surface area contributed by atoms with Crippen molar-refractivity contribution in [3.8, 4) is 0 Å². The van der Waals surface area contributed by atoms with Gasteiger partial charge in [-0.25, -0.2) is 0 Å². The van der Waals surface area contributed by atoms with E-state index in [1.165, 1.54) is 13.2 Å². The Hall–Kier alpha value is -1.17. The molecule has 0 radical (unpaired) electrons. The van der Waals surface area contributed by atoms with Crippen molar-refractivity contribution in [3.63, 3.8) is 0 Å². The van der Waals surface area contributed by atoms with Crippen LogP contribution in [0.1, 0.15) is 67.1 Å². The van der Waals surface area contributed by atoms with E-state index in [0.717, 1.165) is 32.1 Å². The molecule has 2 saturated carbocycles. The Kier molecular flexibility index (Phi) is 8.34. The fraction of sp³-hybridized carbons (Fsp3) is 0.792. The molecule has 5 heteroatoms. The number of carbonyl (C=O) groups is 1. The van der Waals surface area contributed by atoms with Gasteiger partial charge in [-0.2, -0.15) is 0 Å². The normalized spacial score (nSPS) is 35.1. The number of allylic oxidation sites excluding steroid dienone is 2. The predicted molar refractivity (Wildman–Crippen MR) is 114 cm³/mol. The molecular weight excluding hydrogens is 368 g/mol. The molecule has 2 aliphatic rings. The van der Waals surface area contributed by atoms with Gasteiger partial charge in [0.25, 0.3) is 0 Å². The molecule has 7 atom stereocenters. The minimum atomic E-state index is -1.73. The number of hydrogen-bond acceptors (Lipinski definition) is 5.